The van der Waals surface area contributed by atoms with Crippen molar-refractivity contribution < 1.29 is 19.4 Å². The maximum absolute atomic E-state index is 12.3. The van der Waals surface area contributed by atoms with Crippen molar-refractivity contribution in [2.45, 2.75) is 6.42 Å². The summed E-state index contributed by atoms with van der Waals surface area (Å²) in [6.45, 7) is -0.102. The quantitative estimate of drug-likeness (QED) is 0.774. The van der Waals surface area contributed by atoms with Crippen LogP contribution in [0.4, 0.5) is 0 Å². The Morgan fingerprint density at radius 2 is 1.96 bits per heavy atom. The Morgan fingerprint density at radius 3 is 2.70 bits per heavy atom. The van der Waals surface area contributed by atoms with E-state index < -0.39 is 0 Å². The van der Waals surface area contributed by atoms with E-state index in [2.05, 4.69) is 0 Å². The molecule has 118 valence electrons. The van der Waals surface area contributed by atoms with Crippen molar-refractivity contribution in [1.82, 2.24) is 0 Å². The summed E-state index contributed by atoms with van der Waals surface area (Å²) in [5.74, 6) is 0.766. The number of hydrogen-bond acceptors (Lipinski definition) is 5. The highest BCUT2D eigenvalue weighted by atomic mass is 16.5. The third kappa shape index (κ3) is 2.66. The summed E-state index contributed by atoms with van der Waals surface area (Å²) < 4.78 is 11.1. The largest absolute Gasteiger partial charge is 0.504 e. The van der Waals surface area contributed by atoms with Gasteiger partial charge < -0.3 is 19.4 Å². The van der Waals surface area contributed by atoms with E-state index in [0.717, 1.165) is 0 Å². The average molecular weight is 312 g/mol. The summed E-state index contributed by atoms with van der Waals surface area (Å²) in [6, 6.07) is 11.8. The van der Waals surface area contributed by atoms with Crippen molar-refractivity contribution in [2.75, 3.05) is 13.7 Å². The smallest absolute Gasteiger partial charge is 0.193 e. The minimum atomic E-state index is -0.252. The molecule has 0 amide bonds. The molecule has 3 aromatic rings. The first-order valence-corrected chi connectivity index (χ1v) is 7.18. The fourth-order valence-electron chi connectivity index (χ4n) is 2.55. The molecule has 0 aliphatic rings. The molecule has 1 heterocycles. The first kappa shape index (κ1) is 15.1. The van der Waals surface area contributed by atoms with Crippen LogP contribution in [0.3, 0.4) is 0 Å². The predicted octanol–water partition coefficient (Wildman–Crippen LogP) is 2.71. The Labute approximate surface area is 132 Å². The number of phenolic OH excluding ortho intramolecular Hbond substituents is 1. The number of ether oxygens (including phenoxy) is 1. The highest BCUT2D eigenvalue weighted by molar-refractivity contribution is 5.85. The Morgan fingerprint density at radius 1 is 1.17 bits per heavy atom. The van der Waals surface area contributed by atoms with Crippen LogP contribution in [0.1, 0.15) is 5.56 Å². The zero-order valence-corrected chi connectivity index (χ0v) is 12.6. The molecule has 2 aromatic carbocycles. The van der Waals surface area contributed by atoms with Crippen LogP contribution >= 0.6 is 0 Å². The highest BCUT2D eigenvalue weighted by Crippen LogP contribution is 2.34. The SMILES string of the molecule is COc1ccccc1-c1cc(=O)c2ccc(CCO)c(O)c2o1. The molecule has 0 fully saturated rings. The van der Waals surface area contributed by atoms with Gasteiger partial charge in [-0.25, -0.2) is 0 Å². The summed E-state index contributed by atoms with van der Waals surface area (Å²) in [7, 11) is 1.54. The number of rotatable bonds is 4. The van der Waals surface area contributed by atoms with Gasteiger partial charge in [0, 0.05) is 18.2 Å². The van der Waals surface area contributed by atoms with Gasteiger partial charge in [0.25, 0.3) is 0 Å². The Kier molecular flexibility index (Phi) is 4.04. The maximum Gasteiger partial charge on any atom is 0.193 e. The van der Waals surface area contributed by atoms with E-state index in [-0.39, 0.29) is 29.8 Å². The molecule has 0 aliphatic heterocycles. The van der Waals surface area contributed by atoms with Gasteiger partial charge in [-0.3, -0.25) is 4.79 Å². The first-order valence-electron chi connectivity index (χ1n) is 7.18. The molecule has 0 radical (unpaired) electrons. The molecular formula is C18H16O5. The van der Waals surface area contributed by atoms with Crippen LogP contribution in [-0.2, 0) is 6.42 Å². The summed E-state index contributed by atoms with van der Waals surface area (Å²) >= 11 is 0. The zero-order chi connectivity index (χ0) is 16.4. The number of para-hydroxylation sites is 1. The molecule has 0 aliphatic carbocycles. The van der Waals surface area contributed by atoms with E-state index in [1.165, 1.54) is 13.2 Å². The van der Waals surface area contributed by atoms with Gasteiger partial charge in [-0.15, -0.1) is 0 Å². The summed E-state index contributed by atoms with van der Waals surface area (Å²) in [4.78, 5) is 12.3. The van der Waals surface area contributed by atoms with Gasteiger partial charge in [-0.05, 0) is 24.6 Å². The molecule has 3 rings (SSSR count). The number of fused-ring (bicyclic) bond motifs is 1. The molecule has 0 unspecified atom stereocenters. The lowest BCUT2D eigenvalue weighted by molar-refractivity contribution is 0.297. The fraction of sp³-hybridized carbons (Fsp3) is 0.167. The van der Waals surface area contributed by atoms with E-state index in [1.807, 2.05) is 12.1 Å². The predicted molar refractivity (Wildman–Crippen MR) is 86.9 cm³/mol. The number of hydrogen-bond donors (Lipinski definition) is 2. The van der Waals surface area contributed by atoms with Crippen LogP contribution in [0.2, 0.25) is 0 Å². The van der Waals surface area contributed by atoms with Crippen LogP contribution < -0.4 is 10.2 Å². The van der Waals surface area contributed by atoms with Crippen molar-refractivity contribution in [3.05, 3.63) is 58.3 Å². The number of phenols is 1. The van der Waals surface area contributed by atoms with E-state index in [1.54, 1.807) is 24.3 Å². The minimum absolute atomic E-state index is 0.102. The normalized spacial score (nSPS) is 10.9. The van der Waals surface area contributed by atoms with E-state index in [0.29, 0.717) is 28.0 Å². The summed E-state index contributed by atoms with van der Waals surface area (Å²) in [6.07, 6.45) is 0.282. The van der Waals surface area contributed by atoms with Gasteiger partial charge in [-0.1, -0.05) is 18.2 Å². The lowest BCUT2D eigenvalue weighted by atomic mass is 10.1. The second-order valence-corrected chi connectivity index (χ2v) is 5.10. The average Bonchev–Trinajstić information content (AvgIpc) is 2.57. The van der Waals surface area contributed by atoms with Gasteiger partial charge in [0.2, 0.25) is 0 Å². The van der Waals surface area contributed by atoms with Gasteiger partial charge >= 0.3 is 0 Å². The van der Waals surface area contributed by atoms with Crippen molar-refractivity contribution in [1.29, 1.82) is 0 Å². The number of aliphatic hydroxyl groups excluding tert-OH is 1. The minimum Gasteiger partial charge on any atom is -0.504 e. The molecular weight excluding hydrogens is 296 g/mol. The molecule has 5 nitrogen and oxygen atoms in total. The highest BCUT2D eigenvalue weighted by Gasteiger charge is 2.15. The van der Waals surface area contributed by atoms with Gasteiger partial charge in [0.1, 0.15) is 11.5 Å². The number of aromatic hydroxyl groups is 1. The fourth-order valence-corrected chi connectivity index (χ4v) is 2.55. The second kappa shape index (κ2) is 6.14. The zero-order valence-electron chi connectivity index (χ0n) is 12.6. The Hall–Kier alpha value is -2.79. The monoisotopic (exact) mass is 312 g/mol. The molecule has 23 heavy (non-hydrogen) atoms. The topological polar surface area (TPSA) is 79.9 Å². The summed E-state index contributed by atoms with van der Waals surface area (Å²) in [5.41, 5.74) is 1.02. The van der Waals surface area contributed by atoms with E-state index >= 15 is 0 Å². The number of methoxy groups -OCH3 is 1. The maximum atomic E-state index is 12.3. The summed E-state index contributed by atoms with van der Waals surface area (Å²) in [5, 5.41) is 19.7. The van der Waals surface area contributed by atoms with Gasteiger partial charge in [-0.2, -0.15) is 0 Å². The van der Waals surface area contributed by atoms with Crippen LogP contribution in [0.5, 0.6) is 11.5 Å². The van der Waals surface area contributed by atoms with Crippen molar-refractivity contribution in [2.24, 2.45) is 0 Å². The molecule has 0 atom stereocenters. The Balaban J connectivity index is 2.28. The standard InChI is InChI=1S/C18H16O5/c1-22-15-5-3-2-4-13(15)16-10-14(20)12-7-6-11(8-9-19)17(21)18(12)23-16/h2-7,10,19,21H,8-9H2,1H3. The van der Waals surface area contributed by atoms with Crippen molar-refractivity contribution in [3.8, 4) is 22.8 Å². The van der Waals surface area contributed by atoms with Gasteiger partial charge in [0.05, 0.1) is 18.1 Å². The van der Waals surface area contributed by atoms with E-state index in [4.69, 9.17) is 14.3 Å². The lowest BCUT2D eigenvalue weighted by Gasteiger charge is -2.10. The van der Waals surface area contributed by atoms with Crippen LogP contribution in [0, 0.1) is 0 Å². The van der Waals surface area contributed by atoms with Gasteiger partial charge in [0.15, 0.2) is 16.8 Å². The van der Waals surface area contributed by atoms with Crippen LogP contribution in [0.25, 0.3) is 22.3 Å². The first-order chi connectivity index (χ1) is 11.2. The third-order valence-electron chi connectivity index (χ3n) is 3.71. The molecule has 0 spiro atoms. The number of benzene rings is 2. The molecule has 0 saturated heterocycles. The molecule has 0 bridgehead atoms. The second-order valence-electron chi connectivity index (χ2n) is 5.10. The Bertz CT molecular complexity index is 911. The molecule has 1 aromatic heterocycles. The van der Waals surface area contributed by atoms with Crippen molar-refractivity contribution >= 4 is 11.0 Å². The molecule has 2 N–H and O–H groups in total. The lowest BCUT2D eigenvalue weighted by Crippen LogP contribution is -2.02. The third-order valence-corrected chi connectivity index (χ3v) is 3.71. The molecule has 0 saturated carbocycles. The van der Waals surface area contributed by atoms with Crippen LogP contribution in [0.15, 0.2) is 51.7 Å². The van der Waals surface area contributed by atoms with E-state index in [9.17, 15) is 9.90 Å². The van der Waals surface area contributed by atoms with Crippen molar-refractivity contribution in [3.63, 3.8) is 0 Å². The number of aliphatic hydroxyl groups is 1. The molecule has 5 heteroatoms. The van der Waals surface area contributed by atoms with Crippen LogP contribution in [-0.4, -0.2) is 23.9 Å².